The molecule has 110 valence electrons. The Labute approximate surface area is 124 Å². The van der Waals surface area contributed by atoms with Gasteiger partial charge in [0, 0.05) is 18.4 Å². The van der Waals surface area contributed by atoms with Crippen LogP contribution in [0.25, 0.3) is 0 Å². The van der Waals surface area contributed by atoms with Gasteiger partial charge in [0.2, 0.25) is 0 Å². The van der Waals surface area contributed by atoms with Gasteiger partial charge < -0.3 is 15.3 Å². The lowest BCUT2D eigenvalue weighted by Gasteiger charge is -2.13. The molecule has 21 heavy (non-hydrogen) atoms. The van der Waals surface area contributed by atoms with Crippen molar-refractivity contribution in [2.45, 2.75) is 13.5 Å². The third-order valence-corrected chi connectivity index (χ3v) is 2.90. The maximum Gasteiger partial charge on any atom is 0.278 e. The van der Waals surface area contributed by atoms with Gasteiger partial charge >= 0.3 is 0 Å². The van der Waals surface area contributed by atoms with Gasteiger partial charge in [-0.1, -0.05) is 6.07 Å². The van der Waals surface area contributed by atoms with Crippen molar-refractivity contribution in [2.75, 3.05) is 19.4 Å². The van der Waals surface area contributed by atoms with E-state index in [4.69, 9.17) is 0 Å². The van der Waals surface area contributed by atoms with E-state index in [0.717, 1.165) is 17.7 Å². The number of hydrogen-bond acceptors (Lipinski definition) is 4. The van der Waals surface area contributed by atoms with Crippen LogP contribution in [0.3, 0.4) is 0 Å². The van der Waals surface area contributed by atoms with E-state index in [9.17, 15) is 9.90 Å². The summed E-state index contributed by atoms with van der Waals surface area (Å²) in [4.78, 5) is 18.1. The number of carbonyl (C=O) groups is 1. The number of hydrogen-bond donors (Lipinski definition) is 2. The van der Waals surface area contributed by atoms with Crippen LogP contribution in [0.2, 0.25) is 0 Å². The summed E-state index contributed by atoms with van der Waals surface area (Å²) < 4.78 is 0. The molecule has 2 N–H and O–H groups in total. The summed E-state index contributed by atoms with van der Waals surface area (Å²) in [5.41, 5.74) is 2.89. The molecule has 0 atom stereocenters. The molecule has 0 bridgehead atoms. The molecule has 0 saturated carbocycles. The number of nitrogens with zero attached hydrogens (tertiary/aromatic N) is 2. The molecule has 2 rings (SSSR count). The number of benzene rings is 1. The first kappa shape index (κ1) is 15.0. The smallest absolute Gasteiger partial charge is 0.278 e. The van der Waals surface area contributed by atoms with Gasteiger partial charge in [0.25, 0.3) is 5.91 Å². The van der Waals surface area contributed by atoms with Crippen LogP contribution in [0, 0.1) is 6.92 Å². The second kappa shape index (κ2) is 6.37. The standard InChI is InChI=1S/C16H19N3O2/c1-11-7-12(10-19(2)3)9-13(8-11)18-16(21)15-14(20)5-4-6-17-15/h4-9,20H,10H2,1-3H3,(H,18,21). The average molecular weight is 285 g/mol. The van der Waals surface area contributed by atoms with Crippen molar-refractivity contribution in [3.8, 4) is 5.75 Å². The predicted molar refractivity (Wildman–Crippen MR) is 82.4 cm³/mol. The molecule has 2 aromatic rings. The highest BCUT2D eigenvalue weighted by molar-refractivity contribution is 6.04. The van der Waals surface area contributed by atoms with Crippen LogP contribution in [-0.2, 0) is 6.54 Å². The van der Waals surface area contributed by atoms with E-state index in [2.05, 4.69) is 21.3 Å². The Morgan fingerprint density at radius 1 is 1.33 bits per heavy atom. The Morgan fingerprint density at radius 2 is 2.10 bits per heavy atom. The zero-order chi connectivity index (χ0) is 15.4. The van der Waals surface area contributed by atoms with Crippen LogP contribution >= 0.6 is 0 Å². The maximum atomic E-state index is 12.1. The summed E-state index contributed by atoms with van der Waals surface area (Å²) in [6.07, 6.45) is 1.47. The first-order chi connectivity index (χ1) is 9.95. The molecule has 0 aliphatic heterocycles. The van der Waals surface area contributed by atoms with Crippen LogP contribution in [0.5, 0.6) is 5.75 Å². The molecule has 0 aliphatic carbocycles. The minimum atomic E-state index is -0.422. The number of carbonyl (C=O) groups excluding carboxylic acids is 1. The number of aryl methyl sites for hydroxylation is 1. The van der Waals surface area contributed by atoms with Crippen LogP contribution < -0.4 is 5.32 Å². The number of rotatable bonds is 4. The highest BCUT2D eigenvalue weighted by Gasteiger charge is 2.12. The molecule has 5 nitrogen and oxygen atoms in total. The van der Waals surface area contributed by atoms with E-state index >= 15 is 0 Å². The molecular weight excluding hydrogens is 266 g/mol. The van der Waals surface area contributed by atoms with Crippen molar-refractivity contribution in [3.05, 3.63) is 53.3 Å². The minimum Gasteiger partial charge on any atom is -0.505 e. The van der Waals surface area contributed by atoms with Gasteiger partial charge in [-0.05, 0) is 56.4 Å². The van der Waals surface area contributed by atoms with Gasteiger partial charge in [0.05, 0.1) is 0 Å². The van der Waals surface area contributed by atoms with E-state index in [1.54, 1.807) is 6.07 Å². The number of aromatic nitrogens is 1. The van der Waals surface area contributed by atoms with Gasteiger partial charge in [-0.3, -0.25) is 4.79 Å². The number of nitrogens with one attached hydrogen (secondary N) is 1. The van der Waals surface area contributed by atoms with Gasteiger partial charge in [-0.2, -0.15) is 0 Å². The summed E-state index contributed by atoms with van der Waals surface area (Å²) in [7, 11) is 3.99. The Hall–Kier alpha value is -2.40. The van der Waals surface area contributed by atoms with Crippen molar-refractivity contribution < 1.29 is 9.90 Å². The quantitative estimate of drug-likeness (QED) is 0.905. The Morgan fingerprint density at radius 3 is 2.76 bits per heavy atom. The van der Waals surface area contributed by atoms with Crippen LogP contribution in [-0.4, -0.2) is 35.0 Å². The lowest BCUT2D eigenvalue weighted by atomic mass is 10.1. The molecule has 0 unspecified atom stereocenters. The van der Waals surface area contributed by atoms with Gasteiger partial charge in [0.1, 0.15) is 5.75 Å². The lowest BCUT2D eigenvalue weighted by Crippen LogP contribution is -2.15. The Kier molecular flexibility index (Phi) is 4.55. The molecule has 0 radical (unpaired) electrons. The molecule has 1 amide bonds. The van der Waals surface area contributed by atoms with Crippen molar-refractivity contribution in [3.63, 3.8) is 0 Å². The molecule has 1 aromatic carbocycles. The molecule has 0 saturated heterocycles. The monoisotopic (exact) mass is 285 g/mol. The Bertz CT molecular complexity index is 654. The molecule has 1 aromatic heterocycles. The molecule has 5 heteroatoms. The largest absolute Gasteiger partial charge is 0.505 e. The van der Waals surface area contributed by atoms with Crippen molar-refractivity contribution in [2.24, 2.45) is 0 Å². The molecule has 1 heterocycles. The van der Waals surface area contributed by atoms with Crippen molar-refractivity contribution in [1.82, 2.24) is 9.88 Å². The fourth-order valence-electron chi connectivity index (χ4n) is 2.15. The maximum absolute atomic E-state index is 12.1. The summed E-state index contributed by atoms with van der Waals surface area (Å²) in [6.45, 7) is 2.77. The third-order valence-electron chi connectivity index (χ3n) is 2.90. The highest BCUT2D eigenvalue weighted by atomic mass is 16.3. The SMILES string of the molecule is Cc1cc(CN(C)C)cc(NC(=O)c2ncccc2O)c1. The minimum absolute atomic E-state index is 0.0214. The fourth-order valence-corrected chi connectivity index (χ4v) is 2.15. The number of amides is 1. The van der Waals surface area contributed by atoms with Gasteiger partial charge in [0.15, 0.2) is 5.69 Å². The van der Waals surface area contributed by atoms with Crippen LogP contribution in [0.1, 0.15) is 21.6 Å². The number of aromatic hydroxyl groups is 1. The van der Waals surface area contributed by atoms with Crippen LogP contribution in [0.15, 0.2) is 36.5 Å². The topological polar surface area (TPSA) is 65.5 Å². The summed E-state index contributed by atoms with van der Waals surface area (Å²) in [5.74, 6) is -0.550. The fraction of sp³-hybridized carbons (Fsp3) is 0.250. The summed E-state index contributed by atoms with van der Waals surface area (Å²) >= 11 is 0. The first-order valence-corrected chi connectivity index (χ1v) is 6.66. The van der Waals surface area contributed by atoms with Gasteiger partial charge in [-0.15, -0.1) is 0 Å². The first-order valence-electron chi connectivity index (χ1n) is 6.66. The second-order valence-electron chi connectivity index (χ2n) is 5.27. The highest BCUT2D eigenvalue weighted by Crippen LogP contribution is 2.18. The van der Waals surface area contributed by atoms with E-state index < -0.39 is 5.91 Å². The Balaban J connectivity index is 2.21. The second-order valence-corrected chi connectivity index (χ2v) is 5.27. The average Bonchev–Trinajstić information content (AvgIpc) is 2.37. The molecule has 0 spiro atoms. The normalized spacial score (nSPS) is 10.7. The van der Waals surface area contributed by atoms with E-state index in [1.165, 1.54) is 12.3 Å². The van der Waals surface area contributed by atoms with Crippen LogP contribution in [0.4, 0.5) is 5.69 Å². The van der Waals surface area contributed by atoms with E-state index in [0.29, 0.717) is 5.69 Å². The zero-order valence-electron chi connectivity index (χ0n) is 12.4. The summed E-state index contributed by atoms with van der Waals surface area (Å²) in [5, 5.41) is 12.4. The molecule has 0 aliphatic rings. The van der Waals surface area contributed by atoms with E-state index in [-0.39, 0.29) is 11.4 Å². The van der Waals surface area contributed by atoms with E-state index in [1.807, 2.05) is 33.2 Å². The third kappa shape index (κ3) is 4.03. The molecular formula is C16H19N3O2. The summed E-state index contributed by atoms with van der Waals surface area (Å²) in [6, 6.07) is 8.90. The lowest BCUT2D eigenvalue weighted by molar-refractivity contribution is 0.101. The number of pyridine rings is 1. The van der Waals surface area contributed by atoms with Crippen molar-refractivity contribution >= 4 is 11.6 Å². The van der Waals surface area contributed by atoms with Crippen molar-refractivity contribution in [1.29, 1.82) is 0 Å². The zero-order valence-corrected chi connectivity index (χ0v) is 12.4. The molecule has 0 fully saturated rings. The number of anilines is 1. The predicted octanol–water partition coefficient (Wildman–Crippen LogP) is 2.41. The van der Waals surface area contributed by atoms with Gasteiger partial charge in [-0.25, -0.2) is 4.98 Å².